The first-order chi connectivity index (χ1) is 14.9. The third kappa shape index (κ3) is 3.03. The van der Waals surface area contributed by atoms with E-state index in [0.29, 0.717) is 29.3 Å². The topological polar surface area (TPSA) is 102 Å². The van der Waals surface area contributed by atoms with Crippen molar-refractivity contribution in [3.8, 4) is 6.07 Å². The number of amides is 4. The summed E-state index contributed by atoms with van der Waals surface area (Å²) in [5, 5.41) is 15.7. The minimum atomic E-state index is -1.08. The molecular weight excluding hydrogens is 412 g/mol. The van der Waals surface area contributed by atoms with E-state index in [-0.39, 0.29) is 6.54 Å². The summed E-state index contributed by atoms with van der Waals surface area (Å²) in [7, 11) is 0. The lowest BCUT2D eigenvalue weighted by Gasteiger charge is -2.22. The van der Waals surface area contributed by atoms with E-state index in [2.05, 4.69) is 23.6 Å². The molecule has 1 aliphatic heterocycles. The van der Waals surface area contributed by atoms with Crippen LogP contribution < -0.4 is 10.6 Å². The van der Waals surface area contributed by atoms with Crippen LogP contribution in [0.15, 0.2) is 24.3 Å². The summed E-state index contributed by atoms with van der Waals surface area (Å²) >= 11 is 1.43. The van der Waals surface area contributed by atoms with E-state index in [9.17, 15) is 19.6 Å². The summed E-state index contributed by atoms with van der Waals surface area (Å²) < 4.78 is 0. The van der Waals surface area contributed by atoms with Crippen LogP contribution in [-0.4, -0.2) is 29.3 Å². The highest BCUT2D eigenvalue weighted by Gasteiger charge is 2.55. The third-order valence-electron chi connectivity index (χ3n) is 6.60. The molecule has 1 aromatic carbocycles. The number of urea groups is 1. The summed E-state index contributed by atoms with van der Waals surface area (Å²) in [6.45, 7) is 1.81. The Kier molecular flexibility index (Phi) is 4.59. The molecule has 4 amide bonds. The molecule has 1 spiro atoms. The molecule has 0 saturated carbocycles. The first-order valence-electron chi connectivity index (χ1n) is 10.5. The number of nitrogens with one attached hydrogen (secondary N) is 2. The lowest BCUT2D eigenvalue weighted by atomic mass is 9.89. The van der Waals surface area contributed by atoms with E-state index in [1.165, 1.54) is 11.3 Å². The minimum Gasteiger partial charge on any atom is -0.319 e. The summed E-state index contributed by atoms with van der Waals surface area (Å²) in [5.41, 5.74) is 2.31. The second-order valence-corrected chi connectivity index (χ2v) is 9.70. The Labute approximate surface area is 184 Å². The van der Waals surface area contributed by atoms with Gasteiger partial charge >= 0.3 is 6.03 Å². The van der Waals surface area contributed by atoms with E-state index < -0.39 is 23.4 Å². The second kappa shape index (κ2) is 7.20. The van der Waals surface area contributed by atoms with Crippen LogP contribution in [0, 0.1) is 17.2 Å². The van der Waals surface area contributed by atoms with Gasteiger partial charge in [0.05, 0.1) is 5.56 Å². The molecule has 3 aliphatic rings. The molecule has 1 fully saturated rings. The van der Waals surface area contributed by atoms with E-state index in [4.69, 9.17) is 0 Å². The zero-order valence-corrected chi connectivity index (χ0v) is 18.0. The van der Waals surface area contributed by atoms with Crippen molar-refractivity contribution in [3.63, 3.8) is 0 Å². The number of benzene rings is 1. The molecule has 7 nitrogen and oxygen atoms in total. The smallest absolute Gasteiger partial charge is 0.319 e. The molecule has 2 N–H and O–H groups in total. The van der Waals surface area contributed by atoms with Crippen LogP contribution in [-0.2, 0) is 34.4 Å². The Bertz CT molecular complexity index is 1160. The number of imide groups is 1. The first kappa shape index (κ1) is 19.8. The molecule has 2 aliphatic carbocycles. The maximum absolute atomic E-state index is 13.2. The van der Waals surface area contributed by atoms with Gasteiger partial charge < -0.3 is 10.6 Å². The number of aryl methyl sites for hydroxylation is 1. The molecule has 1 aromatic heterocycles. The molecule has 5 rings (SSSR count). The number of rotatable bonds is 3. The lowest BCUT2D eigenvalue weighted by molar-refractivity contribution is -0.134. The minimum absolute atomic E-state index is 0.377. The Morgan fingerprint density at radius 3 is 2.97 bits per heavy atom. The molecule has 0 unspecified atom stereocenters. The molecule has 158 valence electrons. The fourth-order valence-electron chi connectivity index (χ4n) is 5.00. The molecule has 1 saturated heterocycles. The van der Waals surface area contributed by atoms with Gasteiger partial charge in [0, 0.05) is 4.88 Å². The van der Waals surface area contributed by atoms with Crippen molar-refractivity contribution in [2.75, 3.05) is 11.9 Å². The number of fused-ring (bicyclic) bond motifs is 3. The zero-order chi connectivity index (χ0) is 21.8. The van der Waals surface area contributed by atoms with Crippen LogP contribution in [0.3, 0.4) is 0 Å². The van der Waals surface area contributed by atoms with Gasteiger partial charge in [0.25, 0.3) is 5.91 Å². The van der Waals surface area contributed by atoms with Gasteiger partial charge in [-0.3, -0.25) is 14.5 Å². The van der Waals surface area contributed by atoms with Gasteiger partial charge in [-0.15, -0.1) is 11.3 Å². The number of hydrogen-bond donors (Lipinski definition) is 2. The molecule has 0 bridgehead atoms. The fourth-order valence-corrected chi connectivity index (χ4v) is 6.38. The maximum Gasteiger partial charge on any atom is 0.325 e. The van der Waals surface area contributed by atoms with Crippen molar-refractivity contribution >= 4 is 34.2 Å². The Morgan fingerprint density at radius 2 is 2.16 bits per heavy atom. The molecule has 2 aromatic rings. The van der Waals surface area contributed by atoms with Gasteiger partial charge in [0.1, 0.15) is 23.2 Å². The summed E-state index contributed by atoms with van der Waals surface area (Å²) in [6, 6.07) is 9.25. The molecular formula is C23H22N4O3S. The average molecular weight is 435 g/mol. The lowest BCUT2D eigenvalue weighted by Crippen LogP contribution is -2.42. The van der Waals surface area contributed by atoms with Crippen LogP contribution in [0.5, 0.6) is 0 Å². The van der Waals surface area contributed by atoms with Gasteiger partial charge in [-0.05, 0) is 54.7 Å². The number of nitrogens with zero attached hydrogens (tertiary/aromatic N) is 2. The van der Waals surface area contributed by atoms with Crippen LogP contribution >= 0.6 is 11.3 Å². The molecule has 0 radical (unpaired) electrons. The predicted molar refractivity (Wildman–Crippen MR) is 116 cm³/mol. The van der Waals surface area contributed by atoms with Crippen molar-refractivity contribution in [1.29, 1.82) is 5.26 Å². The van der Waals surface area contributed by atoms with Crippen molar-refractivity contribution in [2.24, 2.45) is 5.92 Å². The van der Waals surface area contributed by atoms with E-state index >= 15 is 0 Å². The summed E-state index contributed by atoms with van der Waals surface area (Å²) in [5.74, 6) is -0.315. The number of hydrogen-bond acceptors (Lipinski definition) is 5. The van der Waals surface area contributed by atoms with Crippen molar-refractivity contribution in [1.82, 2.24) is 10.2 Å². The van der Waals surface area contributed by atoms with Crippen LogP contribution in [0.2, 0.25) is 0 Å². The van der Waals surface area contributed by atoms with Gasteiger partial charge in [0.2, 0.25) is 5.91 Å². The van der Waals surface area contributed by atoms with Crippen molar-refractivity contribution in [2.45, 2.75) is 44.6 Å². The fraction of sp³-hybridized carbons (Fsp3) is 0.391. The maximum atomic E-state index is 13.2. The molecule has 2 heterocycles. The second-order valence-electron chi connectivity index (χ2n) is 8.60. The number of anilines is 1. The van der Waals surface area contributed by atoms with E-state index in [1.807, 2.05) is 24.3 Å². The standard InChI is InChI=1S/C23H22N4O3S/c1-13-6-7-15-16(11-24)20(31-18(15)10-13)25-19(28)12-27-21(29)23(26-22(27)30)9-8-14-4-2-3-5-17(14)23/h2-5,13H,6-10,12H2,1H3,(H,25,28)(H,26,30)/t13-,23-/m0/s1. The number of thiophene rings is 1. The average Bonchev–Trinajstić information content (AvgIpc) is 3.36. The number of carbonyl (C=O) groups excluding carboxylic acids is 3. The molecule has 31 heavy (non-hydrogen) atoms. The van der Waals surface area contributed by atoms with E-state index in [0.717, 1.165) is 45.7 Å². The van der Waals surface area contributed by atoms with Gasteiger partial charge in [-0.1, -0.05) is 31.2 Å². The Hall–Kier alpha value is -3.18. The Morgan fingerprint density at radius 1 is 1.35 bits per heavy atom. The van der Waals surface area contributed by atoms with Crippen molar-refractivity contribution < 1.29 is 14.4 Å². The largest absolute Gasteiger partial charge is 0.325 e. The highest BCUT2D eigenvalue weighted by atomic mass is 32.1. The van der Waals surface area contributed by atoms with Gasteiger partial charge in [-0.25, -0.2) is 4.79 Å². The van der Waals surface area contributed by atoms with E-state index in [1.54, 1.807) is 0 Å². The summed E-state index contributed by atoms with van der Waals surface area (Å²) in [4.78, 5) is 40.7. The highest BCUT2D eigenvalue weighted by molar-refractivity contribution is 7.16. The third-order valence-corrected chi connectivity index (χ3v) is 7.77. The SMILES string of the molecule is C[C@H]1CCc2c(sc(NC(=O)CN3C(=O)N[C@]4(CCc5ccccc54)C3=O)c2C#N)C1. The summed E-state index contributed by atoms with van der Waals surface area (Å²) in [6.07, 6.45) is 3.95. The quantitative estimate of drug-likeness (QED) is 0.725. The van der Waals surface area contributed by atoms with Crippen LogP contribution in [0.1, 0.15) is 46.9 Å². The van der Waals surface area contributed by atoms with Crippen LogP contribution in [0.4, 0.5) is 9.80 Å². The first-order valence-corrected chi connectivity index (χ1v) is 11.3. The van der Waals surface area contributed by atoms with Crippen LogP contribution in [0.25, 0.3) is 0 Å². The highest BCUT2D eigenvalue weighted by Crippen LogP contribution is 2.42. The monoisotopic (exact) mass is 434 g/mol. The normalized spacial score (nSPS) is 24.0. The van der Waals surface area contributed by atoms with Gasteiger partial charge in [0.15, 0.2) is 0 Å². The number of nitriles is 1. The predicted octanol–water partition coefficient (Wildman–Crippen LogP) is 3.08. The zero-order valence-electron chi connectivity index (χ0n) is 17.2. The molecule has 2 atom stereocenters. The Balaban J connectivity index is 1.35. The number of carbonyl (C=O) groups is 3. The van der Waals surface area contributed by atoms with Crippen molar-refractivity contribution in [3.05, 3.63) is 51.4 Å². The molecule has 8 heteroatoms. The van der Waals surface area contributed by atoms with Gasteiger partial charge in [-0.2, -0.15) is 5.26 Å².